The summed E-state index contributed by atoms with van der Waals surface area (Å²) in [6, 6.07) is 15.6. The van der Waals surface area contributed by atoms with Gasteiger partial charge in [0.05, 0.1) is 11.8 Å². The van der Waals surface area contributed by atoms with Crippen molar-refractivity contribution in [2.75, 3.05) is 0 Å². The Morgan fingerprint density at radius 2 is 1.88 bits per heavy atom. The van der Waals surface area contributed by atoms with Crippen LogP contribution in [0.25, 0.3) is 0 Å². The molecule has 0 aliphatic heterocycles. The van der Waals surface area contributed by atoms with Gasteiger partial charge in [-0.15, -0.1) is 0 Å². The molecular weight excluding hydrogens is 264 g/mol. The van der Waals surface area contributed by atoms with E-state index in [9.17, 15) is 5.26 Å². The second-order valence-electron chi connectivity index (χ2n) is 3.34. The molecule has 2 nitrogen and oxygen atoms in total. The Labute approximate surface area is 103 Å². The first-order chi connectivity index (χ1) is 7.83. The van der Waals surface area contributed by atoms with Crippen molar-refractivity contribution in [2.45, 2.75) is 5.92 Å². The van der Waals surface area contributed by atoms with Gasteiger partial charge in [0, 0.05) is 10.7 Å². The minimum atomic E-state index is -0.322. The van der Waals surface area contributed by atoms with Crippen LogP contribution in [-0.2, 0) is 0 Å². The molecule has 1 unspecified atom stereocenters. The topological polar surface area (TPSA) is 36.7 Å². The molecule has 0 bridgehead atoms. The molecule has 78 valence electrons. The van der Waals surface area contributed by atoms with Crippen LogP contribution in [-0.4, -0.2) is 4.98 Å². The number of hydrogen-bond donors (Lipinski definition) is 0. The molecule has 0 aliphatic rings. The zero-order valence-electron chi connectivity index (χ0n) is 8.47. The molecule has 2 rings (SSSR count). The smallest absolute Gasteiger partial charge is 0.114 e. The molecule has 0 spiro atoms. The van der Waals surface area contributed by atoms with Crippen LogP contribution in [0, 0.1) is 11.3 Å². The summed E-state index contributed by atoms with van der Waals surface area (Å²) >= 11 is 3.46. The summed E-state index contributed by atoms with van der Waals surface area (Å²) in [7, 11) is 0. The summed E-state index contributed by atoms with van der Waals surface area (Å²) in [5.41, 5.74) is 1.72. The molecule has 0 radical (unpaired) electrons. The van der Waals surface area contributed by atoms with Crippen molar-refractivity contribution < 1.29 is 0 Å². The predicted molar refractivity (Wildman–Crippen MR) is 65.8 cm³/mol. The number of hydrogen-bond acceptors (Lipinski definition) is 2. The van der Waals surface area contributed by atoms with Gasteiger partial charge in [0.2, 0.25) is 0 Å². The van der Waals surface area contributed by atoms with Crippen LogP contribution in [0.15, 0.2) is 53.1 Å². The van der Waals surface area contributed by atoms with Crippen molar-refractivity contribution in [3.63, 3.8) is 0 Å². The standard InChI is InChI=1S/C13H9BrN2/c14-12-6-2-1-5-10(12)11(9-15)13-7-3-4-8-16-13/h1-8,11H. The second-order valence-corrected chi connectivity index (χ2v) is 4.19. The minimum Gasteiger partial charge on any atom is -0.260 e. The fourth-order valence-electron chi connectivity index (χ4n) is 1.55. The first kappa shape index (κ1) is 10.8. The van der Waals surface area contributed by atoms with Crippen LogP contribution in [0.4, 0.5) is 0 Å². The molecular formula is C13H9BrN2. The maximum Gasteiger partial charge on any atom is 0.114 e. The van der Waals surface area contributed by atoms with Gasteiger partial charge < -0.3 is 0 Å². The quantitative estimate of drug-likeness (QED) is 0.839. The molecule has 3 heteroatoms. The van der Waals surface area contributed by atoms with Gasteiger partial charge in [-0.05, 0) is 23.8 Å². The number of aromatic nitrogens is 1. The van der Waals surface area contributed by atoms with Crippen LogP contribution in [0.2, 0.25) is 0 Å². The number of halogens is 1. The number of nitrogens with zero attached hydrogens (tertiary/aromatic N) is 2. The molecule has 0 aliphatic carbocycles. The zero-order valence-corrected chi connectivity index (χ0v) is 10.1. The number of benzene rings is 1. The molecule has 0 saturated carbocycles. The molecule has 0 saturated heterocycles. The summed E-state index contributed by atoms with van der Waals surface area (Å²) in [5, 5.41) is 9.25. The lowest BCUT2D eigenvalue weighted by molar-refractivity contribution is 0.960. The third-order valence-corrected chi connectivity index (χ3v) is 3.05. The fraction of sp³-hybridized carbons (Fsp3) is 0.0769. The summed E-state index contributed by atoms with van der Waals surface area (Å²) in [6.45, 7) is 0. The van der Waals surface area contributed by atoms with E-state index in [4.69, 9.17) is 0 Å². The largest absolute Gasteiger partial charge is 0.260 e. The van der Waals surface area contributed by atoms with Gasteiger partial charge in [-0.3, -0.25) is 4.98 Å². The maximum atomic E-state index is 9.25. The van der Waals surface area contributed by atoms with Crippen LogP contribution >= 0.6 is 15.9 Å². The zero-order chi connectivity index (χ0) is 11.4. The van der Waals surface area contributed by atoms with Crippen LogP contribution in [0.3, 0.4) is 0 Å². The molecule has 0 amide bonds. The highest BCUT2D eigenvalue weighted by Crippen LogP contribution is 2.28. The van der Waals surface area contributed by atoms with Gasteiger partial charge in [0.25, 0.3) is 0 Å². The third-order valence-electron chi connectivity index (χ3n) is 2.33. The van der Waals surface area contributed by atoms with Gasteiger partial charge in [0.1, 0.15) is 5.92 Å². The molecule has 0 fully saturated rings. The summed E-state index contributed by atoms with van der Waals surface area (Å²) in [4.78, 5) is 4.22. The van der Waals surface area contributed by atoms with E-state index in [1.54, 1.807) is 6.20 Å². The van der Waals surface area contributed by atoms with Crippen molar-refractivity contribution in [3.05, 3.63) is 64.4 Å². The molecule has 1 aromatic carbocycles. The molecule has 0 N–H and O–H groups in total. The second kappa shape index (κ2) is 4.91. The monoisotopic (exact) mass is 272 g/mol. The van der Waals surface area contributed by atoms with Crippen molar-refractivity contribution in [2.24, 2.45) is 0 Å². The molecule has 16 heavy (non-hydrogen) atoms. The third kappa shape index (κ3) is 2.12. The van der Waals surface area contributed by atoms with E-state index >= 15 is 0 Å². The van der Waals surface area contributed by atoms with Crippen molar-refractivity contribution >= 4 is 15.9 Å². The molecule has 1 atom stereocenters. The average Bonchev–Trinajstić information content (AvgIpc) is 2.34. The van der Waals surface area contributed by atoms with Crippen molar-refractivity contribution in [3.8, 4) is 6.07 Å². The Balaban J connectivity index is 2.47. The normalized spacial score (nSPS) is 11.8. The van der Waals surface area contributed by atoms with Gasteiger partial charge >= 0.3 is 0 Å². The lowest BCUT2D eigenvalue weighted by atomic mass is 9.97. The Morgan fingerprint density at radius 1 is 1.12 bits per heavy atom. The van der Waals surface area contributed by atoms with E-state index in [-0.39, 0.29) is 5.92 Å². The Hall–Kier alpha value is -1.66. The maximum absolute atomic E-state index is 9.25. The van der Waals surface area contributed by atoms with Crippen LogP contribution < -0.4 is 0 Å². The highest BCUT2D eigenvalue weighted by Gasteiger charge is 2.16. The Kier molecular flexibility index (Phi) is 3.33. The number of nitriles is 1. The first-order valence-corrected chi connectivity index (χ1v) is 5.67. The van der Waals surface area contributed by atoms with E-state index in [1.807, 2.05) is 42.5 Å². The van der Waals surface area contributed by atoms with E-state index in [0.29, 0.717) is 0 Å². The molecule has 1 heterocycles. The lowest BCUT2D eigenvalue weighted by Crippen LogP contribution is -2.01. The van der Waals surface area contributed by atoms with Gasteiger partial charge in [-0.1, -0.05) is 40.2 Å². The van der Waals surface area contributed by atoms with E-state index < -0.39 is 0 Å². The van der Waals surface area contributed by atoms with E-state index in [1.165, 1.54) is 0 Å². The van der Waals surface area contributed by atoms with Crippen molar-refractivity contribution in [1.82, 2.24) is 4.98 Å². The fourth-order valence-corrected chi connectivity index (χ4v) is 2.06. The molecule has 1 aromatic heterocycles. The average molecular weight is 273 g/mol. The Morgan fingerprint density at radius 3 is 2.50 bits per heavy atom. The van der Waals surface area contributed by atoms with Gasteiger partial charge in [-0.25, -0.2) is 0 Å². The predicted octanol–water partition coefficient (Wildman–Crippen LogP) is 3.50. The lowest BCUT2D eigenvalue weighted by Gasteiger charge is -2.10. The summed E-state index contributed by atoms with van der Waals surface area (Å²) < 4.78 is 0.937. The first-order valence-electron chi connectivity index (χ1n) is 4.88. The van der Waals surface area contributed by atoms with E-state index in [0.717, 1.165) is 15.7 Å². The highest BCUT2D eigenvalue weighted by molar-refractivity contribution is 9.10. The summed E-state index contributed by atoms with van der Waals surface area (Å²) in [5.74, 6) is -0.322. The Bertz CT molecular complexity index is 517. The minimum absolute atomic E-state index is 0.322. The highest BCUT2D eigenvalue weighted by atomic mass is 79.9. The summed E-state index contributed by atoms with van der Waals surface area (Å²) in [6.07, 6.45) is 1.70. The number of rotatable bonds is 2. The van der Waals surface area contributed by atoms with Gasteiger partial charge in [0.15, 0.2) is 0 Å². The van der Waals surface area contributed by atoms with Crippen molar-refractivity contribution in [1.29, 1.82) is 5.26 Å². The number of pyridine rings is 1. The van der Waals surface area contributed by atoms with E-state index in [2.05, 4.69) is 27.0 Å². The van der Waals surface area contributed by atoms with Crippen LogP contribution in [0.1, 0.15) is 17.2 Å². The van der Waals surface area contributed by atoms with Crippen LogP contribution in [0.5, 0.6) is 0 Å². The van der Waals surface area contributed by atoms with Gasteiger partial charge in [-0.2, -0.15) is 5.26 Å². The molecule has 2 aromatic rings. The SMILES string of the molecule is N#CC(c1ccccn1)c1ccccc1Br.